The van der Waals surface area contributed by atoms with Crippen molar-refractivity contribution in [2.45, 2.75) is 13.8 Å². The summed E-state index contributed by atoms with van der Waals surface area (Å²) in [5, 5.41) is 14.8. The molecule has 0 saturated heterocycles. The lowest BCUT2D eigenvalue weighted by Gasteiger charge is -2.07. The number of rotatable bonds is 4. The SMILES string of the molecule is Cc1ccc(NC(=O)/C(C#N)=C\Nc2ccccc2C)cc1. The second-order valence-electron chi connectivity index (χ2n) is 4.95. The summed E-state index contributed by atoms with van der Waals surface area (Å²) in [5.74, 6) is -0.438. The zero-order chi connectivity index (χ0) is 15.9. The molecule has 0 aliphatic heterocycles. The molecule has 4 nitrogen and oxygen atoms in total. The van der Waals surface area contributed by atoms with Gasteiger partial charge in [-0.05, 0) is 37.6 Å². The predicted molar refractivity (Wildman–Crippen MR) is 88.3 cm³/mol. The Balaban J connectivity index is 2.09. The van der Waals surface area contributed by atoms with Gasteiger partial charge in [0.15, 0.2) is 0 Å². The molecule has 0 spiro atoms. The van der Waals surface area contributed by atoms with Crippen molar-refractivity contribution < 1.29 is 4.79 Å². The van der Waals surface area contributed by atoms with Crippen molar-refractivity contribution in [3.63, 3.8) is 0 Å². The van der Waals surface area contributed by atoms with Crippen LogP contribution in [-0.4, -0.2) is 5.91 Å². The van der Waals surface area contributed by atoms with Crippen LogP contribution in [0.15, 0.2) is 60.3 Å². The lowest BCUT2D eigenvalue weighted by atomic mass is 10.2. The Labute approximate surface area is 130 Å². The van der Waals surface area contributed by atoms with E-state index in [-0.39, 0.29) is 5.57 Å². The van der Waals surface area contributed by atoms with Crippen LogP contribution in [0.2, 0.25) is 0 Å². The van der Waals surface area contributed by atoms with Crippen LogP contribution in [0.5, 0.6) is 0 Å². The van der Waals surface area contributed by atoms with Crippen molar-refractivity contribution in [3.8, 4) is 6.07 Å². The average Bonchev–Trinajstić information content (AvgIpc) is 2.52. The molecule has 0 aliphatic carbocycles. The van der Waals surface area contributed by atoms with E-state index in [9.17, 15) is 4.79 Å². The van der Waals surface area contributed by atoms with Gasteiger partial charge in [0.25, 0.3) is 5.91 Å². The highest BCUT2D eigenvalue weighted by Gasteiger charge is 2.09. The normalized spacial score (nSPS) is 10.7. The fourth-order valence-corrected chi connectivity index (χ4v) is 1.87. The number of carbonyl (C=O) groups excluding carboxylic acids is 1. The first kappa shape index (κ1) is 15.3. The molecule has 0 heterocycles. The van der Waals surface area contributed by atoms with Crippen LogP contribution >= 0.6 is 0 Å². The van der Waals surface area contributed by atoms with Crippen LogP contribution < -0.4 is 10.6 Å². The van der Waals surface area contributed by atoms with Crippen LogP contribution in [0.25, 0.3) is 0 Å². The third kappa shape index (κ3) is 3.97. The first-order chi connectivity index (χ1) is 10.6. The van der Waals surface area contributed by atoms with E-state index in [0.717, 1.165) is 16.8 Å². The van der Waals surface area contributed by atoms with Gasteiger partial charge in [0.2, 0.25) is 0 Å². The van der Waals surface area contributed by atoms with E-state index in [4.69, 9.17) is 5.26 Å². The quantitative estimate of drug-likeness (QED) is 0.666. The molecule has 22 heavy (non-hydrogen) atoms. The molecule has 2 rings (SSSR count). The van der Waals surface area contributed by atoms with Crippen molar-refractivity contribution in [2.24, 2.45) is 0 Å². The van der Waals surface area contributed by atoms with Gasteiger partial charge in [-0.2, -0.15) is 5.26 Å². The first-order valence-electron chi connectivity index (χ1n) is 6.90. The van der Waals surface area contributed by atoms with Crippen molar-refractivity contribution >= 4 is 17.3 Å². The van der Waals surface area contributed by atoms with E-state index in [1.807, 2.05) is 56.3 Å². The number of nitrogens with zero attached hydrogens (tertiary/aromatic N) is 1. The zero-order valence-electron chi connectivity index (χ0n) is 12.6. The van der Waals surface area contributed by atoms with E-state index < -0.39 is 5.91 Å². The Kier molecular flexibility index (Phi) is 4.94. The van der Waals surface area contributed by atoms with E-state index in [1.54, 1.807) is 12.1 Å². The smallest absolute Gasteiger partial charge is 0.267 e. The molecule has 0 saturated carbocycles. The van der Waals surface area contributed by atoms with Gasteiger partial charge < -0.3 is 10.6 Å². The van der Waals surface area contributed by atoms with E-state index in [0.29, 0.717) is 5.69 Å². The van der Waals surface area contributed by atoms with Crippen LogP contribution in [0.3, 0.4) is 0 Å². The Hall–Kier alpha value is -3.06. The molecule has 0 atom stereocenters. The Morgan fingerprint density at radius 1 is 1.09 bits per heavy atom. The molecule has 0 unspecified atom stereocenters. The minimum atomic E-state index is -0.438. The summed E-state index contributed by atoms with van der Waals surface area (Å²) in [5.41, 5.74) is 3.68. The van der Waals surface area contributed by atoms with Gasteiger partial charge in [0.05, 0.1) is 0 Å². The summed E-state index contributed by atoms with van der Waals surface area (Å²) in [7, 11) is 0. The molecule has 0 aliphatic rings. The molecule has 4 heteroatoms. The standard InChI is InChI=1S/C18H17N3O/c1-13-7-9-16(10-8-13)21-18(22)15(11-19)12-20-17-6-4-3-5-14(17)2/h3-10,12,20H,1-2H3,(H,21,22)/b15-12-. The maximum absolute atomic E-state index is 12.1. The lowest BCUT2D eigenvalue weighted by molar-refractivity contribution is -0.112. The largest absolute Gasteiger partial charge is 0.360 e. The molecule has 2 aromatic carbocycles. The van der Waals surface area contributed by atoms with Crippen molar-refractivity contribution in [2.75, 3.05) is 10.6 Å². The number of nitrogens with one attached hydrogen (secondary N) is 2. The molecule has 1 amide bonds. The van der Waals surface area contributed by atoms with Gasteiger partial charge in [-0.1, -0.05) is 35.9 Å². The van der Waals surface area contributed by atoms with Gasteiger partial charge in [0.1, 0.15) is 11.6 Å². The third-order valence-electron chi connectivity index (χ3n) is 3.19. The van der Waals surface area contributed by atoms with Crippen molar-refractivity contribution in [3.05, 3.63) is 71.4 Å². The monoisotopic (exact) mass is 291 g/mol. The lowest BCUT2D eigenvalue weighted by Crippen LogP contribution is -2.14. The number of hydrogen-bond donors (Lipinski definition) is 2. The second-order valence-corrected chi connectivity index (χ2v) is 4.95. The van der Waals surface area contributed by atoms with Crippen LogP contribution in [-0.2, 0) is 4.79 Å². The minimum Gasteiger partial charge on any atom is -0.360 e. The summed E-state index contributed by atoms with van der Waals surface area (Å²) >= 11 is 0. The average molecular weight is 291 g/mol. The first-order valence-corrected chi connectivity index (χ1v) is 6.90. The number of hydrogen-bond acceptors (Lipinski definition) is 3. The second kappa shape index (κ2) is 7.09. The predicted octanol–water partition coefficient (Wildman–Crippen LogP) is 3.76. The number of amides is 1. The Bertz CT molecular complexity index is 740. The maximum atomic E-state index is 12.1. The number of carbonyl (C=O) groups is 1. The van der Waals surface area contributed by atoms with Gasteiger partial charge in [-0.15, -0.1) is 0 Å². The fourth-order valence-electron chi connectivity index (χ4n) is 1.87. The fraction of sp³-hybridized carbons (Fsp3) is 0.111. The van der Waals surface area contributed by atoms with Gasteiger partial charge >= 0.3 is 0 Å². The third-order valence-corrected chi connectivity index (χ3v) is 3.19. The van der Waals surface area contributed by atoms with Gasteiger partial charge in [-0.25, -0.2) is 0 Å². The van der Waals surface area contributed by atoms with Crippen molar-refractivity contribution in [1.29, 1.82) is 5.26 Å². The highest BCUT2D eigenvalue weighted by Crippen LogP contribution is 2.14. The van der Waals surface area contributed by atoms with E-state index in [1.165, 1.54) is 6.20 Å². The number of para-hydroxylation sites is 1. The molecular formula is C18H17N3O. The molecule has 0 radical (unpaired) electrons. The van der Waals surface area contributed by atoms with Crippen molar-refractivity contribution in [1.82, 2.24) is 0 Å². The molecule has 2 N–H and O–H groups in total. The molecule has 0 aromatic heterocycles. The van der Waals surface area contributed by atoms with Crippen LogP contribution in [0.4, 0.5) is 11.4 Å². The summed E-state index contributed by atoms with van der Waals surface area (Å²) in [6.45, 7) is 3.92. The maximum Gasteiger partial charge on any atom is 0.267 e. The molecule has 110 valence electrons. The number of aryl methyl sites for hydroxylation is 2. The van der Waals surface area contributed by atoms with E-state index >= 15 is 0 Å². The molecule has 0 bridgehead atoms. The topological polar surface area (TPSA) is 64.9 Å². The number of anilines is 2. The highest BCUT2D eigenvalue weighted by atomic mass is 16.1. The molecule has 2 aromatic rings. The van der Waals surface area contributed by atoms with Crippen LogP contribution in [0, 0.1) is 25.2 Å². The summed E-state index contributed by atoms with van der Waals surface area (Å²) in [6, 6.07) is 17.0. The molecule has 0 fully saturated rings. The Morgan fingerprint density at radius 2 is 1.77 bits per heavy atom. The Morgan fingerprint density at radius 3 is 2.41 bits per heavy atom. The van der Waals surface area contributed by atoms with Gasteiger partial charge in [-0.3, -0.25) is 4.79 Å². The van der Waals surface area contributed by atoms with E-state index in [2.05, 4.69) is 10.6 Å². The molecular weight excluding hydrogens is 274 g/mol. The summed E-state index contributed by atoms with van der Waals surface area (Å²) in [6.07, 6.45) is 1.42. The zero-order valence-corrected chi connectivity index (χ0v) is 12.6. The number of nitriles is 1. The summed E-state index contributed by atoms with van der Waals surface area (Å²) in [4.78, 5) is 12.1. The summed E-state index contributed by atoms with van der Waals surface area (Å²) < 4.78 is 0. The number of benzene rings is 2. The van der Waals surface area contributed by atoms with Crippen LogP contribution in [0.1, 0.15) is 11.1 Å². The minimum absolute atomic E-state index is 0.0174. The van der Waals surface area contributed by atoms with Gasteiger partial charge in [0, 0.05) is 17.6 Å². The highest BCUT2D eigenvalue weighted by molar-refractivity contribution is 6.06.